The lowest BCUT2D eigenvalue weighted by atomic mass is 10.2. The average molecular weight is 377 g/mol. The van der Waals surface area contributed by atoms with Crippen LogP contribution in [0.2, 0.25) is 0 Å². The summed E-state index contributed by atoms with van der Waals surface area (Å²) in [5.74, 6) is -0.793. The van der Waals surface area contributed by atoms with Gasteiger partial charge in [-0.25, -0.2) is 9.07 Å². The Labute approximate surface area is 152 Å². The largest absolute Gasteiger partial charge is 0.416 e. The maximum Gasteiger partial charge on any atom is 0.416 e. The first-order valence-electron chi connectivity index (χ1n) is 8.00. The number of halogens is 4. The van der Waals surface area contributed by atoms with Gasteiger partial charge in [0.1, 0.15) is 5.82 Å². The van der Waals surface area contributed by atoms with Crippen LogP contribution in [0.4, 0.5) is 17.6 Å². The summed E-state index contributed by atoms with van der Waals surface area (Å²) in [6, 6.07) is 10.4. The molecule has 2 aromatic carbocycles. The Morgan fingerprint density at radius 1 is 1.15 bits per heavy atom. The van der Waals surface area contributed by atoms with Crippen LogP contribution in [-0.2, 0) is 12.7 Å². The van der Waals surface area contributed by atoms with Crippen molar-refractivity contribution in [3.05, 3.63) is 82.9 Å². The summed E-state index contributed by atoms with van der Waals surface area (Å²) in [6.45, 7) is 1.79. The Morgan fingerprint density at radius 2 is 1.85 bits per heavy atom. The molecule has 0 aliphatic rings. The van der Waals surface area contributed by atoms with E-state index in [9.17, 15) is 22.4 Å². The van der Waals surface area contributed by atoms with Crippen LogP contribution in [0.15, 0.2) is 54.7 Å². The zero-order valence-corrected chi connectivity index (χ0v) is 14.2. The summed E-state index contributed by atoms with van der Waals surface area (Å²) in [7, 11) is 0. The number of benzene rings is 2. The van der Waals surface area contributed by atoms with Crippen molar-refractivity contribution in [1.82, 2.24) is 15.1 Å². The zero-order valence-electron chi connectivity index (χ0n) is 14.2. The fourth-order valence-corrected chi connectivity index (χ4v) is 2.59. The average Bonchev–Trinajstić information content (AvgIpc) is 3.02. The molecule has 1 aromatic heterocycles. The molecule has 0 aliphatic heterocycles. The second-order valence-corrected chi connectivity index (χ2v) is 5.91. The third-order valence-electron chi connectivity index (χ3n) is 4.04. The monoisotopic (exact) mass is 377 g/mol. The number of amides is 1. The standard InChI is InChI=1S/C19H15F4N3O/c1-12-17(18(27)24-10-13-5-7-15(20)8-6-13)11-25-26(12)16-4-2-3-14(9-16)19(21,22)23/h2-9,11H,10H2,1H3,(H,24,27). The number of hydrogen-bond acceptors (Lipinski definition) is 2. The molecule has 0 bridgehead atoms. The van der Waals surface area contributed by atoms with E-state index >= 15 is 0 Å². The van der Waals surface area contributed by atoms with Gasteiger partial charge >= 0.3 is 6.18 Å². The summed E-state index contributed by atoms with van der Waals surface area (Å²) in [5.41, 5.74) is 0.783. The highest BCUT2D eigenvalue weighted by Crippen LogP contribution is 2.30. The normalized spacial score (nSPS) is 11.4. The molecule has 1 heterocycles. The van der Waals surface area contributed by atoms with Crippen LogP contribution in [0.25, 0.3) is 5.69 Å². The van der Waals surface area contributed by atoms with E-state index in [-0.39, 0.29) is 23.6 Å². The van der Waals surface area contributed by atoms with E-state index in [2.05, 4.69) is 10.4 Å². The molecule has 1 N–H and O–H groups in total. The van der Waals surface area contributed by atoms with Crippen LogP contribution in [0.3, 0.4) is 0 Å². The minimum Gasteiger partial charge on any atom is -0.348 e. The first kappa shape index (κ1) is 18.6. The van der Waals surface area contributed by atoms with Gasteiger partial charge in [-0.3, -0.25) is 4.79 Å². The van der Waals surface area contributed by atoms with Crippen LogP contribution in [-0.4, -0.2) is 15.7 Å². The maximum atomic E-state index is 12.9. The molecule has 140 valence electrons. The van der Waals surface area contributed by atoms with Crippen LogP contribution in [0.5, 0.6) is 0 Å². The smallest absolute Gasteiger partial charge is 0.348 e. The van der Waals surface area contributed by atoms with Gasteiger partial charge in [0.05, 0.1) is 28.7 Å². The van der Waals surface area contributed by atoms with E-state index in [0.717, 1.165) is 12.1 Å². The molecule has 8 heteroatoms. The van der Waals surface area contributed by atoms with Crippen LogP contribution < -0.4 is 5.32 Å². The summed E-state index contributed by atoms with van der Waals surface area (Å²) in [5, 5.41) is 6.72. The second-order valence-electron chi connectivity index (χ2n) is 5.91. The van der Waals surface area contributed by atoms with Gasteiger partial charge in [0.2, 0.25) is 0 Å². The highest BCUT2D eigenvalue weighted by atomic mass is 19.4. The number of alkyl halides is 3. The van der Waals surface area contributed by atoms with Crippen molar-refractivity contribution in [3.63, 3.8) is 0 Å². The fourth-order valence-electron chi connectivity index (χ4n) is 2.59. The second kappa shape index (κ2) is 7.22. The minimum atomic E-state index is -4.47. The van der Waals surface area contributed by atoms with Crippen LogP contribution in [0.1, 0.15) is 27.2 Å². The topological polar surface area (TPSA) is 46.9 Å². The van der Waals surface area contributed by atoms with E-state index in [4.69, 9.17) is 0 Å². The molecule has 0 spiro atoms. The lowest BCUT2D eigenvalue weighted by Crippen LogP contribution is -2.23. The van der Waals surface area contributed by atoms with Crippen molar-refractivity contribution in [2.75, 3.05) is 0 Å². The van der Waals surface area contributed by atoms with Crippen molar-refractivity contribution in [1.29, 1.82) is 0 Å². The molecular formula is C19H15F4N3O. The van der Waals surface area contributed by atoms with E-state index in [0.29, 0.717) is 11.3 Å². The summed E-state index contributed by atoms with van der Waals surface area (Å²) >= 11 is 0. The molecule has 3 rings (SSSR count). The third-order valence-corrected chi connectivity index (χ3v) is 4.04. The first-order valence-corrected chi connectivity index (χ1v) is 8.00. The molecule has 3 aromatic rings. The van der Waals surface area contributed by atoms with Gasteiger partial charge in [-0.2, -0.15) is 18.3 Å². The Hall–Kier alpha value is -3.16. The van der Waals surface area contributed by atoms with E-state index in [1.54, 1.807) is 19.1 Å². The molecule has 0 unspecified atom stereocenters. The molecular weight excluding hydrogens is 362 g/mol. The summed E-state index contributed by atoms with van der Waals surface area (Å²) in [6.07, 6.45) is -3.16. The molecule has 4 nitrogen and oxygen atoms in total. The molecule has 27 heavy (non-hydrogen) atoms. The molecule has 1 amide bonds. The van der Waals surface area contributed by atoms with Crippen LogP contribution in [0, 0.1) is 12.7 Å². The van der Waals surface area contributed by atoms with Gasteiger partial charge in [0.15, 0.2) is 0 Å². The van der Waals surface area contributed by atoms with Crippen molar-refractivity contribution >= 4 is 5.91 Å². The lowest BCUT2D eigenvalue weighted by molar-refractivity contribution is -0.137. The van der Waals surface area contributed by atoms with Gasteiger partial charge in [-0.15, -0.1) is 0 Å². The molecule has 0 saturated heterocycles. The Bertz CT molecular complexity index is 962. The van der Waals surface area contributed by atoms with Crippen molar-refractivity contribution in [2.45, 2.75) is 19.6 Å². The number of hydrogen-bond donors (Lipinski definition) is 1. The Balaban J connectivity index is 1.78. The van der Waals surface area contributed by atoms with Gasteiger partial charge in [-0.1, -0.05) is 18.2 Å². The molecule has 0 aliphatic carbocycles. The molecule has 0 atom stereocenters. The molecule has 0 fully saturated rings. The number of aromatic nitrogens is 2. The number of rotatable bonds is 4. The third kappa shape index (κ3) is 4.16. The summed E-state index contributed by atoms with van der Waals surface area (Å²) in [4.78, 5) is 12.4. The van der Waals surface area contributed by atoms with Crippen molar-refractivity contribution < 1.29 is 22.4 Å². The van der Waals surface area contributed by atoms with Gasteiger partial charge in [0.25, 0.3) is 5.91 Å². The SMILES string of the molecule is Cc1c(C(=O)NCc2ccc(F)cc2)cnn1-c1cccc(C(F)(F)F)c1. The summed E-state index contributed by atoms with van der Waals surface area (Å²) < 4.78 is 52.8. The van der Waals surface area contributed by atoms with E-state index < -0.39 is 17.6 Å². The van der Waals surface area contributed by atoms with Crippen molar-refractivity contribution in [2.24, 2.45) is 0 Å². The Kier molecular flexibility index (Phi) is 4.98. The van der Waals surface area contributed by atoms with Gasteiger partial charge < -0.3 is 5.32 Å². The minimum absolute atomic E-state index is 0.188. The first-order chi connectivity index (χ1) is 12.8. The zero-order chi connectivity index (χ0) is 19.6. The van der Waals surface area contributed by atoms with Gasteiger partial charge in [-0.05, 0) is 42.8 Å². The lowest BCUT2D eigenvalue weighted by Gasteiger charge is -2.10. The van der Waals surface area contributed by atoms with E-state index in [1.807, 2.05) is 0 Å². The van der Waals surface area contributed by atoms with Crippen LogP contribution >= 0.6 is 0 Å². The number of nitrogens with zero attached hydrogens (tertiary/aromatic N) is 2. The molecule has 0 saturated carbocycles. The highest BCUT2D eigenvalue weighted by Gasteiger charge is 2.30. The maximum absolute atomic E-state index is 12.9. The predicted octanol–water partition coefficient (Wildman–Crippen LogP) is 4.27. The van der Waals surface area contributed by atoms with Gasteiger partial charge in [0, 0.05) is 6.54 Å². The predicted molar refractivity (Wildman–Crippen MR) is 90.9 cm³/mol. The quantitative estimate of drug-likeness (QED) is 0.691. The number of carbonyl (C=O) groups excluding carboxylic acids is 1. The van der Waals surface area contributed by atoms with Crippen molar-refractivity contribution in [3.8, 4) is 5.69 Å². The fraction of sp³-hybridized carbons (Fsp3) is 0.158. The highest BCUT2D eigenvalue weighted by molar-refractivity contribution is 5.95. The van der Waals surface area contributed by atoms with E-state index in [1.165, 1.54) is 35.1 Å². The number of carbonyl (C=O) groups is 1. The Morgan fingerprint density at radius 3 is 2.52 bits per heavy atom. The number of nitrogens with one attached hydrogen (secondary N) is 1. The molecule has 0 radical (unpaired) electrons.